The molecule has 1 aromatic rings. The first kappa shape index (κ1) is 18.1. The third kappa shape index (κ3) is 2.54. The number of hydrogen-bond donors (Lipinski definition) is 0. The molecule has 1 aromatic carbocycles. The average molecular weight is 383 g/mol. The molecule has 1 aliphatic carbocycles. The molecule has 1 aliphatic heterocycles. The highest BCUT2D eigenvalue weighted by atomic mass is 35.5. The highest BCUT2D eigenvalue weighted by Crippen LogP contribution is 2.55. The summed E-state index contributed by atoms with van der Waals surface area (Å²) >= 11 is 7.84. The molecule has 1 spiro atoms. The van der Waals surface area contributed by atoms with Crippen LogP contribution in [-0.2, 0) is 4.79 Å². The summed E-state index contributed by atoms with van der Waals surface area (Å²) in [7, 11) is 2.96. The lowest BCUT2D eigenvalue weighted by Crippen LogP contribution is -2.50. The van der Waals surface area contributed by atoms with Crippen LogP contribution in [0.25, 0.3) is 0 Å². The molecule has 0 aromatic heterocycles. The average Bonchev–Trinajstić information content (AvgIpc) is 2.89. The molecule has 2 unspecified atom stereocenters. The summed E-state index contributed by atoms with van der Waals surface area (Å²) in [6.45, 7) is 3.81. The van der Waals surface area contributed by atoms with Crippen LogP contribution >= 0.6 is 23.4 Å². The molecule has 3 rings (SSSR count). The molecule has 7 heteroatoms. The Morgan fingerprint density at radius 3 is 2.60 bits per heavy atom. The van der Waals surface area contributed by atoms with Crippen molar-refractivity contribution in [3.63, 3.8) is 0 Å². The second-order valence-corrected chi connectivity index (χ2v) is 7.66. The molecule has 0 fully saturated rings. The van der Waals surface area contributed by atoms with Gasteiger partial charge >= 0.3 is 0 Å². The van der Waals surface area contributed by atoms with Gasteiger partial charge in [0.2, 0.25) is 11.4 Å². The molecule has 0 amide bonds. The minimum absolute atomic E-state index is 0.00271. The highest BCUT2D eigenvalue weighted by Gasteiger charge is 2.58. The fourth-order valence-corrected chi connectivity index (χ4v) is 4.73. The van der Waals surface area contributed by atoms with Crippen LogP contribution in [0.1, 0.15) is 30.6 Å². The molecule has 2 atom stereocenters. The van der Waals surface area contributed by atoms with E-state index in [0.29, 0.717) is 22.0 Å². The number of carbonyl (C=O) groups is 2. The molecule has 25 heavy (non-hydrogen) atoms. The number of rotatable bonds is 4. The Morgan fingerprint density at radius 1 is 1.32 bits per heavy atom. The summed E-state index contributed by atoms with van der Waals surface area (Å²) in [5.41, 5.74) is -0.933. The fourth-order valence-electron chi connectivity index (χ4n) is 3.39. The number of thioether (sulfide) groups is 1. The van der Waals surface area contributed by atoms with Crippen molar-refractivity contribution in [2.45, 2.75) is 25.9 Å². The van der Waals surface area contributed by atoms with Gasteiger partial charge in [-0.1, -0.05) is 25.4 Å². The van der Waals surface area contributed by atoms with Gasteiger partial charge in [-0.05, 0) is 11.8 Å². The predicted molar refractivity (Wildman–Crippen MR) is 97.2 cm³/mol. The van der Waals surface area contributed by atoms with E-state index >= 15 is 0 Å². The maximum atomic E-state index is 13.4. The van der Waals surface area contributed by atoms with E-state index in [1.165, 1.54) is 32.1 Å². The standard InChI is InChI=1S/C18H19ClO5S/c1-5-25-13-7-10(20)6-9(2)18(13)17(21)14-11(22-3)8-12(23-4)15(19)16(14)24-18/h7-9H,5-6H2,1-4H3. The van der Waals surface area contributed by atoms with E-state index < -0.39 is 5.60 Å². The van der Waals surface area contributed by atoms with E-state index in [2.05, 4.69) is 0 Å². The largest absolute Gasteiger partial charge is 0.496 e. The number of methoxy groups -OCH3 is 2. The van der Waals surface area contributed by atoms with Crippen molar-refractivity contribution >= 4 is 34.9 Å². The van der Waals surface area contributed by atoms with Gasteiger partial charge in [0.1, 0.15) is 22.1 Å². The van der Waals surface area contributed by atoms with E-state index in [0.717, 1.165) is 5.75 Å². The summed E-state index contributed by atoms with van der Waals surface area (Å²) < 4.78 is 16.8. The minimum Gasteiger partial charge on any atom is -0.496 e. The van der Waals surface area contributed by atoms with Crippen LogP contribution in [0.2, 0.25) is 5.02 Å². The Labute approximate surface area is 155 Å². The molecule has 5 nitrogen and oxygen atoms in total. The molecule has 0 radical (unpaired) electrons. The van der Waals surface area contributed by atoms with Crippen LogP contribution in [0.15, 0.2) is 17.0 Å². The van der Waals surface area contributed by atoms with E-state index in [1.54, 1.807) is 6.07 Å². The summed E-state index contributed by atoms with van der Waals surface area (Å²) in [6, 6.07) is 1.58. The molecular formula is C18H19ClO5S. The molecule has 0 saturated heterocycles. The molecule has 0 N–H and O–H groups in total. The number of allylic oxidation sites excluding steroid dienone is 1. The number of fused-ring (bicyclic) bond motifs is 1. The van der Waals surface area contributed by atoms with Crippen LogP contribution < -0.4 is 14.2 Å². The van der Waals surface area contributed by atoms with Crippen molar-refractivity contribution < 1.29 is 23.8 Å². The fraction of sp³-hybridized carbons (Fsp3) is 0.444. The second kappa shape index (κ2) is 6.57. The molecular weight excluding hydrogens is 364 g/mol. The third-order valence-corrected chi connectivity index (χ3v) is 5.96. The Hall–Kier alpha value is -1.66. The van der Waals surface area contributed by atoms with E-state index in [9.17, 15) is 9.59 Å². The van der Waals surface area contributed by atoms with Crippen LogP contribution in [0, 0.1) is 5.92 Å². The van der Waals surface area contributed by atoms with Gasteiger partial charge in [-0.3, -0.25) is 9.59 Å². The number of Topliss-reactive ketones (excluding diaryl/α,β-unsaturated/α-hetero) is 1. The van der Waals surface area contributed by atoms with Gasteiger partial charge in [0.05, 0.1) is 14.2 Å². The molecule has 2 aliphatic rings. The van der Waals surface area contributed by atoms with Gasteiger partial charge < -0.3 is 14.2 Å². The molecule has 134 valence electrons. The molecule has 0 saturated carbocycles. The number of ketones is 2. The molecule has 0 bridgehead atoms. The van der Waals surface area contributed by atoms with E-state index in [-0.39, 0.29) is 34.7 Å². The van der Waals surface area contributed by atoms with Crippen molar-refractivity contribution in [2.75, 3.05) is 20.0 Å². The Kier molecular flexibility index (Phi) is 4.77. The van der Waals surface area contributed by atoms with Gasteiger partial charge in [-0.2, -0.15) is 0 Å². The number of halogens is 1. The number of carbonyl (C=O) groups excluding carboxylic acids is 2. The number of hydrogen-bond acceptors (Lipinski definition) is 6. The lowest BCUT2D eigenvalue weighted by Gasteiger charge is -2.37. The second-order valence-electron chi connectivity index (χ2n) is 5.98. The summed E-state index contributed by atoms with van der Waals surface area (Å²) in [5, 5.41) is 0.230. The van der Waals surface area contributed by atoms with Crippen LogP contribution in [0.5, 0.6) is 17.2 Å². The first-order valence-corrected chi connectivity index (χ1v) is 9.33. The summed E-state index contributed by atoms with van der Waals surface area (Å²) in [6.07, 6.45) is 1.76. The molecule has 1 heterocycles. The SMILES string of the molecule is CCSC1=CC(=O)CC(C)C12Oc1c(Cl)c(OC)cc(OC)c1C2=O. The third-order valence-electron chi connectivity index (χ3n) is 4.58. The van der Waals surface area contributed by atoms with Crippen molar-refractivity contribution in [2.24, 2.45) is 5.92 Å². The van der Waals surface area contributed by atoms with Crippen LogP contribution in [-0.4, -0.2) is 37.1 Å². The quantitative estimate of drug-likeness (QED) is 0.786. The van der Waals surface area contributed by atoms with Gasteiger partial charge in [0.15, 0.2) is 11.5 Å². The zero-order valence-electron chi connectivity index (χ0n) is 14.5. The zero-order chi connectivity index (χ0) is 18.4. The lowest BCUT2D eigenvalue weighted by molar-refractivity contribution is -0.117. The first-order valence-electron chi connectivity index (χ1n) is 7.96. The topological polar surface area (TPSA) is 61.8 Å². The number of benzene rings is 1. The lowest BCUT2D eigenvalue weighted by atomic mass is 9.77. The zero-order valence-corrected chi connectivity index (χ0v) is 16.0. The van der Waals surface area contributed by atoms with Crippen LogP contribution in [0.3, 0.4) is 0 Å². The van der Waals surface area contributed by atoms with Crippen LogP contribution in [0.4, 0.5) is 0 Å². The van der Waals surface area contributed by atoms with Gasteiger partial charge in [-0.15, -0.1) is 11.8 Å². The Bertz CT molecular complexity index is 788. The first-order chi connectivity index (χ1) is 11.9. The number of ether oxygens (including phenoxy) is 3. The highest BCUT2D eigenvalue weighted by molar-refractivity contribution is 8.03. The Balaban J connectivity index is 2.24. The maximum Gasteiger partial charge on any atom is 0.219 e. The van der Waals surface area contributed by atoms with E-state index in [4.69, 9.17) is 25.8 Å². The van der Waals surface area contributed by atoms with Crippen molar-refractivity contribution in [3.05, 3.63) is 27.6 Å². The predicted octanol–water partition coefficient (Wildman–Crippen LogP) is 3.92. The summed E-state index contributed by atoms with van der Waals surface area (Å²) in [4.78, 5) is 26.1. The van der Waals surface area contributed by atoms with Crippen molar-refractivity contribution in [3.8, 4) is 17.2 Å². The summed E-state index contributed by atoms with van der Waals surface area (Å²) in [5.74, 6) is 1.15. The normalized spacial score (nSPS) is 24.8. The van der Waals surface area contributed by atoms with Crippen molar-refractivity contribution in [1.29, 1.82) is 0 Å². The maximum absolute atomic E-state index is 13.4. The minimum atomic E-state index is -1.24. The van der Waals surface area contributed by atoms with Gasteiger partial charge in [0.25, 0.3) is 0 Å². The van der Waals surface area contributed by atoms with E-state index in [1.807, 2.05) is 13.8 Å². The van der Waals surface area contributed by atoms with Crippen molar-refractivity contribution in [1.82, 2.24) is 0 Å². The van der Waals surface area contributed by atoms with Gasteiger partial charge in [-0.25, -0.2) is 0 Å². The Morgan fingerprint density at radius 2 is 2.00 bits per heavy atom. The smallest absolute Gasteiger partial charge is 0.219 e. The van der Waals surface area contributed by atoms with Gasteiger partial charge in [0, 0.05) is 23.3 Å². The monoisotopic (exact) mass is 382 g/mol.